The molecule has 3 unspecified atom stereocenters. The van der Waals surface area contributed by atoms with Crippen LogP contribution in [0.3, 0.4) is 0 Å². The number of rotatable bonds is 5. The predicted molar refractivity (Wildman–Crippen MR) is 102 cm³/mol. The second-order valence-corrected chi connectivity index (χ2v) is 8.60. The van der Waals surface area contributed by atoms with Crippen molar-refractivity contribution in [3.05, 3.63) is 29.8 Å². The Morgan fingerprint density at radius 1 is 1.14 bits per heavy atom. The lowest BCUT2D eigenvalue weighted by Crippen LogP contribution is -2.36. The van der Waals surface area contributed by atoms with Gasteiger partial charge in [-0.15, -0.1) is 0 Å². The standard InChI is InChI=1S/C21H29NO6/c1-21(2,3)28-20(25)22-11-13-9-15(10-14(13)12-22)27-18(19(23)24)16-7-5-6-8-17(16)26-4/h5-8,13-15,18H,9-12H2,1-4H3,(H,23,24). The maximum absolute atomic E-state index is 12.3. The fraction of sp³-hybridized carbons (Fsp3) is 0.619. The lowest BCUT2D eigenvalue weighted by atomic mass is 10.0. The van der Waals surface area contributed by atoms with Crippen molar-refractivity contribution >= 4 is 12.1 Å². The number of carboxylic acid groups (broad SMARTS) is 1. The summed E-state index contributed by atoms with van der Waals surface area (Å²) in [6.45, 7) is 6.83. The van der Waals surface area contributed by atoms with Crippen LogP contribution in [-0.2, 0) is 14.3 Å². The normalized spacial score (nSPS) is 25.3. The van der Waals surface area contributed by atoms with Crippen molar-refractivity contribution in [2.24, 2.45) is 11.8 Å². The van der Waals surface area contributed by atoms with E-state index in [1.165, 1.54) is 7.11 Å². The fourth-order valence-electron chi connectivity index (χ4n) is 4.17. The highest BCUT2D eigenvalue weighted by Crippen LogP contribution is 2.42. The Kier molecular flexibility index (Phi) is 5.84. The molecule has 1 saturated carbocycles. The van der Waals surface area contributed by atoms with Crippen molar-refractivity contribution in [1.29, 1.82) is 0 Å². The minimum atomic E-state index is -1.07. The Labute approximate surface area is 165 Å². The molecule has 28 heavy (non-hydrogen) atoms. The van der Waals surface area contributed by atoms with Gasteiger partial charge in [0.2, 0.25) is 0 Å². The van der Waals surface area contributed by atoms with Gasteiger partial charge in [-0.25, -0.2) is 9.59 Å². The number of aliphatic carboxylic acids is 1. The smallest absolute Gasteiger partial charge is 0.410 e. The number of nitrogens with zero attached hydrogens (tertiary/aromatic N) is 1. The van der Waals surface area contributed by atoms with Crippen LogP contribution < -0.4 is 4.74 Å². The van der Waals surface area contributed by atoms with Crippen molar-refractivity contribution in [3.63, 3.8) is 0 Å². The van der Waals surface area contributed by atoms with Crippen LogP contribution in [0.4, 0.5) is 4.79 Å². The van der Waals surface area contributed by atoms with Crippen molar-refractivity contribution in [3.8, 4) is 5.75 Å². The maximum atomic E-state index is 12.3. The molecule has 1 heterocycles. The van der Waals surface area contributed by atoms with E-state index >= 15 is 0 Å². The molecule has 1 aromatic carbocycles. The topological polar surface area (TPSA) is 85.3 Å². The molecule has 0 radical (unpaired) electrons. The van der Waals surface area contributed by atoms with Gasteiger partial charge in [-0.1, -0.05) is 18.2 Å². The quantitative estimate of drug-likeness (QED) is 0.827. The SMILES string of the molecule is COc1ccccc1C(OC1CC2CN(C(=O)OC(C)(C)C)CC2C1)C(=O)O. The summed E-state index contributed by atoms with van der Waals surface area (Å²) < 4.78 is 16.8. The molecule has 7 nitrogen and oxygen atoms in total. The summed E-state index contributed by atoms with van der Waals surface area (Å²) in [5.41, 5.74) is 0.00842. The van der Waals surface area contributed by atoms with Gasteiger partial charge in [-0.3, -0.25) is 0 Å². The van der Waals surface area contributed by atoms with Gasteiger partial charge < -0.3 is 24.2 Å². The minimum Gasteiger partial charge on any atom is -0.496 e. The van der Waals surface area contributed by atoms with Gasteiger partial charge in [0.15, 0.2) is 6.10 Å². The number of methoxy groups -OCH3 is 1. The highest BCUT2D eigenvalue weighted by Gasteiger charge is 2.45. The van der Waals surface area contributed by atoms with E-state index in [0.29, 0.717) is 36.2 Å². The molecule has 0 aromatic heterocycles. The van der Waals surface area contributed by atoms with Gasteiger partial charge in [0, 0.05) is 18.7 Å². The number of para-hydroxylation sites is 1. The lowest BCUT2D eigenvalue weighted by molar-refractivity contribution is -0.155. The maximum Gasteiger partial charge on any atom is 0.410 e. The van der Waals surface area contributed by atoms with Gasteiger partial charge in [0.25, 0.3) is 0 Å². The van der Waals surface area contributed by atoms with Crippen LogP contribution >= 0.6 is 0 Å². The summed E-state index contributed by atoms with van der Waals surface area (Å²) in [5, 5.41) is 9.68. The zero-order valence-corrected chi connectivity index (χ0v) is 16.9. The second kappa shape index (κ2) is 7.99. The summed E-state index contributed by atoms with van der Waals surface area (Å²) in [6, 6.07) is 7.03. The van der Waals surface area contributed by atoms with Gasteiger partial charge >= 0.3 is 12.1 Å². The van der Waals surface area contributed by atoms with E-state index in [4.69, 9.17) is 14.2 Å². The Morgan fingerprint density at radius 3 is 2.29 bits per heavy atom. The molecule has 1 amide bonds. The van der Waals surface area contributed by atoms with E-state index in [1.807, 2.05) is 20.8 Å². The fourth-order valence-corrected chi connectivity index (χ4v) is 4.17. The molecule has 1 saturated heterocycles. The van der Waals surface area contributed by atoms with Crippen LogP contribution in [0.5, 0.6) is 5.75 Å². The first kappa shape index (κ1) is 20.5. The van der Waals surface area contributed by atoms with Crippen LogP contribution in [0.25, 0.3) is 0 Å². The first-order valence-corrected chi connectivity index (χ1v) is 9.67. The zero-order chi connectivity index (χ0) is 20.5. The number of fused-ring (bicyclic) bond motifs is 1. The minimum absolute atomic E-state index is 0.151. The van der Waals surface area contributed by atoms with Crippen LogP contribution in [0.2, 0.25) is 0 Å². The van der Waals surface area contributed by atoms with E-state index in [-0.39, 0.29) is 12.2 Å². The number of amides is 1. The molecule has 1 N–H and O–H groups in total. The van der Waals surface area contributed by atoms with E-state index in [0.717, 1.165) is 12.8 Å². The van der Waals surface area contributed by atoms with E-state index in [2.05, 4.69) is 0 Å². The average Bonchev–Trinajstić information content (AvgIpc) is 3.16. The molecule has 0 bridgehead atoms. The molecule has 0 spiro atoms. The van der Waals surface area contributed by atoms with Gasteiger partial charge in [-0.2, -0.15) is 0 Å². The Morgan fingerprint density at radius 2 is 1.75 bits per heavy atom. The molecule has 1 aliphatic heterocycles. The molecular formula is C21H29NO6. The van der Waals surface area contributed by atoms with Crippen LogP contribution in [0.1, 0.15) is 45.3 Å². The highest BCUT2D eigenvalue weighted by molar-refractivity contribution is 5.75. The largest absolute Gasteiger partial charge is 0.496 e. The number of carbonyl (C=O) groups excluding carboxylic acids is 1. The van der Waals surface area contributed by atoms with Crippen molar-refractivity contribution in [2.75, 3.05) is 20.2 Å². The van der Waals surface area contributed by atoms with Crippen molar-refractivity contribution in [1.82, 2.24) is 4.90 Å². The molecule has 2 fully saturated rings. The molecule has 7 heteroatoms. The molecule has 2 aliphatic rings. The summed E-state index contributed by atoms with van der Waals surface area (Å²) in [7, 11) is 1.52. The second-order valence-electron chi connectivity index (χ2n) is 8.60. The van der Waals surface area contributed by atoms with E-state index in [1.54, 1.807) is 29.2 Å². The molecule has 3 atom stereocenters. The number of ether oxygens (including phenoxy) is 3. The first-order valence-electron chi connectivity index (χ1n) is 9.67. The van der Waals surface area contributed by atoms with Gasteiger partial charge in [0.1, 0.15) is 11.4 Å². The molecular weight excluding hydrogens is 362 g/mol. The summed E-state index contributed by atoms with van der Waals surface area (Å²) >= 11 is 0. The third kappa shape index (κ3) is 4.58. The van der Waals surface area contributed by atoms with E-state index in [9.17, 15) is 14.7 Å². The molecule has 3 rings (SSSR count). The lowest BCUT2D eigenvalue weighted by Gasteiger charge is -2.26. The Balaban J connectivity index is 1.61. The third-order valence-corrected chi connectivity index (χ3v) is 5.33. The number of benzene rings is 1. The number of hydrogen-bond donors (Lipinski definition) is 1. The number of hydrogen-bond acceptors (Lipinski definition) is 5. The van der Waals surface area contributed by atoms with Crippen LogP contribution in [-0.4, -0.2) is 54.0 Å². The first-order chi connectivity index (χ1) is 13.2. The average molecular weight is 391 g/mol. The third-order valence-electron chi connectivity index (χ3n) is 5.33. The Hall–Kier alpha value is -2.28. The molecule has 154 valence electrons. The summed E-state index contributed by atoms with van der Waals surface area (Å²) in [5.74, 6) is 0.0930. The van der Waals surface area contributed by atoms with Crippen molar-refractivity contribution in [2.45, 2.75) is 51.4 Å². The summed E-state index contributed by atoms with van der Waals surface area (Å²) in [6.07, 6.45) is -0.0215. The van der Waals surface area contributed by atoms with E-state index < -0.39 is 17.7 Å². The van der Waals surface area contributed by atoms with Crippen LogP contribution in [0, 0.1) is 11.8 Å². The number of carboxylic acids is 1. The zero-order valence-electron chi connectivity index (χ0n) is 16.9. The number of carbonyl (C=O) groups is 2. The van der Waals surface area contributed by atoms with Gasteiger partial charge in [-0.05, 0) is 51.5 Å². The van der Waals surface area contributed by atoms with Crippen molar-refractivity contribution < 1.29 is 28.9 Å². The summed E-state index contributed by atoms with van der Waals surface area (Å²) in [4.78, 5) is 25.9. The Bertz CT molecular complexity index is 714. The molecule has 1 aliphatic carbocycles. The molecule has 1 aromatic rings. The van der Waals surface area contributed by atoms with Gasteiger partial charge in [0.05, 0.1) is 13.2 Å². The monoisotopic (exact) mass is 391 g/mol. The predicted octanol–water partition coefficient (Wildman–Crippen LogP) is 3.48. The highest BCUT2D eigenvalue weighted by atomic mass is 16.6. The van der Waals surface area contributed by atoms with Crippen LogP contribution in [0.15, 0.2) is 24.3 Å². The number of likely N-dealkylation sites (tertiary alicyclic amines) is 1.